The molecule has 84 valence electrons. The Balaban J connectivity index is 2.50. The van der Waals surface area contributed by atoms with Crippen molar-refractivity contribution in [2.75, 3.05) is 7.11 Å². The number of rotatable bonds is 3. The number of aryl methyl sites for hydroxylation is 1. The van der Waals surface area contributed by atoms with Gasteiger partial charge in [-0.25, -0.2) is 4.79 Å². The summed E-state index contributed by atoms with van der Waals surface area (Å²) in [5.41, 5.74) is 1.67. The second-order valence-electron chi connectivity index (χ2n) is 4.04. The highest BCUT2D eigenvalue weighted by Gasteiger charge is 2.46. The summed E-state index contributed by atoms with van der Waals surface area (Å²) in [6, 6.07) is 3.71. The Labute approximate surface area is 99.1 Å². The van der Waals surface area contributed by atoms with E-state index in [0.717, 1.165) is 24.0 Å². The van der Waals surface area contributed by atoms with Crippen molar-refractivity contribution in [1.82, 2.24) is 0 Å². The smallest absolute Gasteiger partial charge is 0.235 e. The number of halogens is 1. The van der Waals surface area contributed by atoms with E-state index in [0.29, 0.717) is 10.8 Å². The summed E-state index contributed by atoms with van der Waals surface area (Å²) in [5.74, 6) is 0.647. The predicted octanol–water partition coefficient (Wildman–Crippen LogP) is 2.98. The predicted molar refractivity (Wildman–Crippen MR) is 61.8 cm³/mol. The van der Waals surface area contributed by atoms with Gasteiger partial charge in [0.15, 0.2) is 0 Å². The summed E-state index contributed by atoms with van der Waals surface area (Å²) in [6.45, 7) is 1.97. The molecule has 0 radical (unpaired) electrons. The Morgan fingerprint density at radius 3 is 2.69 bits per heavy atom. The SMILES string of the molecule is COc1cc(C)c(C2(N=C=O)CC2)cc1Cl. The zero-order valence-electron chi connectivity index (χ0n) is 9.21. The molecule has 0 aromatic heterocycles. The molecule has 0 aliphatic heterocycles. The number of isocyanates is 1. The molecule has 1 aromatic carbocycles. The fourth-order valence-electron chi connectivity index (χ4n) is 1.96. The summed E-state index contributed by atoms with van der Waals surface area (Å²) >= 11 is 6.07. The fraction of sp³-hybridized carbons (Fsp3) is 0.417. The largest absolute Gasteiger partial charge is 0.495 e. The zero-order chi connectivity index (χ0) is 11.8. The lowest BCUT2D eigenvalue weighted by molar-refractivity contribution is 0.414. The molecule has 0 atom stereocenters. The van der Waals surface area contributed by atoms with Crippen LogP contribution in [0.3, 0.4) is 0 Å². The lowest BCUT2D eigenvalue weighted by Crippen LogP contribution is -2.05. The maximum Gasteiger partial charge on any atom is 0.235 e. The van der Waals surface area contributed by atoms with E-state index >= 15 is 0 Å². The lowest BCUT2D eigenvalue weighted by Gasteiger charge is -2.14. The first kappa shape index (κ1) is 11.2. The van der Waals surface area contributed by atoms with E-state index in [9.17, 15) is 4.79 Å². The van der Waals surface area contributed by atoms with E-state index in [4.69, 9.17) is 16.3 Å². The molecule has 1 aliphatic rings. The summed E-state index contributed by atoms with van der Waals surface area (Å²) < 4.78 is 5.13. The molecular weight excluding hydrogens is 226 g/mol. The maximum atomic E-state index is 10.4. The van der Waals surface area contributed by atoms with Gasteiger partial charge in [0.25, 0.3) is 0 Å². The topological polar surface area (TPSA) is 38.7 Å². The van der Waals surface area contributed by atoms with Gasteiger partial charge in [-0.15, -0.1) is 0 Å². The van der Waals surface area contributed by atoms with Gasteiger partial charge in [-0.05, 0) is 43.0 Å². The van der Waals surface area contributed by atoms with Crippen LogP contribution in [0.4, 0.5) is 0 Å². The molecule has 0 saturated heterocycles. The molecule has 1 aromatic rings. The number of benzene rings is 1. The van der Waals surface area contributed by atoms with Gasteiger partial charge in [-0.2, -0.15) is 4.99 Å². The van der Waals surface area contributed by atoms with Gasteiger partial charge in [0.1, 0.15) is 5.75 Å². The third-order valence-electron chi connectivity index (χ3n) is 2.98. The molecule has 0 amide bonds. The molecule has 0 spiro atoms. The standard InChI is InChI=1S/C12H12ClNO2/c1-8-5-11(16-2)10(13)6-9(8)12(3-4-12)14-7-15/h5-6H,3-4H2,1-2H3. The second kappa shape index (κ2) is 3.93. The number of ether oxygens (including phenoxy) is 1. The Morgan fingerprint density at radius 1 is 1.50 bits per heavy atom. The summed E-state index contributed by atoms with van der Waals surface area (Å²) in [5, 5.41) is 0.551. The highest BCUT2D eigenvalue weighted by Crippen LogP contribution is 2.51. The number of nitrogens with zero attached hydrogens (tertiary/aromatic N) is 1. The molecule has 16 heavy (non-hydrogen) atoms. The van der Waals surface area contributed by atoms with Crippen molar-refractivity contribution in [3.8, 4) is 5.75 Å². The second-order valence-corrected chi connectivity index (χ2v) is 4.44. The van der Waals surface area contributed by atoms with Crippen molar-refractivity contribution in [2.45, 2.75) is 25.3 Å². The molecule has 0 unspecified atom stereocenters. The average molecular weight is 238 g/mol. The Morgan fingerprint density at radius 2 is 2.19 bits per heavy atom. The van der Waals surface area contributed by atoms with Gasteiger partial charge < -0.3 is 4.74 Å². The molecule has 1 fully saturated rings. The number of hydrogen-bond acceptors (Lipinski definition) is 3. The van der Waals surface area contributed by atoms with Crippen LogP contribution in [0.5, 0.6) is 5.75 Å². The summed E-state index contributed by atoms with van der Waals surface area (Å²) in [4.78, 5) is 14.3. The van der Waals surface area contributed by atoms with Crippen LogP contribution >= 0.6 is 11.6 Å². The quantitative estimate of drug-likeness (QED) is 0.599. The van der Waals surface area contributed by atoms with Crippen LogP contribution in [0.25, 0.3) is 0 Å². The molecule has 4 heteroatoms. The highest BCUT2D eigenvalue weighted by atomic mass is 35.5. The maximum absolute atomic E-state index is 10.4. The van der Waals surface area contributed by atoms with E-state index in [2.05, 4.69) is 4.99 Å². The van der Waals surface area contributed by atoms with Gasteiger partial charge in [0, 0.05) is 0 Å². The molecule has 1 saturated carbocycles. The normalized spacial score (nSPS) is 16.4. The Kier molecular flexibility index (Phi) is 2.75. The Bertz CT molecular complexity index is 474. The molecule has 0 bridgehead atoms. The number of carbonyl (C=O) groups excluding carboxylic acids is 1. The zero-order valence-corrected chi connectivity index (χ0v) is 9.97. The molecule has 0 N–H and O–H groups in total. The molecule has 0 heterocycles. The molecular formula is C12H12ClNO2. The Hall–Kier alpha value is -1.31. The van der Waals surface area contributed by atoms with Crippen LogP contribution < -0.4 is 4.74 Å². The van der Waals surface area contributed by atoms with Gasteiger partial charge in [-0.3, -0.25) is 0 Å². The van der Waals surface area contributed by atoms with E-state index in [1.54, 1.807) is 13.2 Å². The van der Waals surface area contributed by atoms with Crippen molar-refractivity contribution in [3.63, 3.8) is 0 Å². The first-order chi connectivity index (χ1) is 7.63. The van der Waals surface area contributed by atoms with E-state index in [1.807, 2.05) is 19.1 Å². The minimum atomic E-state index is -0.373. The van der Waals surface area contributed by atoms with Crippen molar-refractivity contribution in [3.05, 3.63) is 28.3 Å². The minimum absolute atomic E-state index is 0.373. The first-order valence-corrected chi connectivity index (χ1v) is 5.44. The van der Waals surface area contributed by atoms with Gasteiger partial charge in [0.05, 0.1) is 17.7 Å². The van der Waals surface area contributed by atoms with Crippen LogP contribution in [0.15, 0.2) is 17.1 Å². The minimum Gasteiger partial charge on any atom is -0.495 e. The average Bonchev–Trinajstić information content (AvgIpc) is 3.02. The summed E-state index contributed by atoms with van der Waals surface area (Å²) in [6.07, 6.45) is 3.41. The lowest BCUT2D eigenvalue weighted by atomic mass is 9.99. The number of aliphatic imine (C=N–C) groups is 1. The van der Waals surface area contributed by atoms with Crippen molar-refractivity contribution in [2.24, 2.45) is 4.99 Å². The van der Waals surface area contributed by atoms with E-state index in [1.165, 1.54) is 0 Å². The van der Waals surface area contributed by atoms with E-state index < -0.39 is 0 Å². The molecule has 2 rings (SSSR count). The third kappa shape index (κ3) is 1.73. The number of hydrogen-bond donors (Lipinski definition) is 0. The third-order valence-corrected chi connectivity index (χ3v) is 3.28. The fourth-order valence-corrected chi connectivity index (χ4v) is 2.20. The van der Waals surface area contributed by atoms with Gasteiger partial charge in [0.2, 0.25) is 6.08 Å². The molecule has 1 aliphatic carbocycles. The first-order valence-electron chi connectivity index (χ1n) is 5.06. The van der Waals surface area contributed by atoms with Crippen molar-refractivity contribution >= 4 is 17.7 Å². The van der Waals surface area contributed by atoms with Crippen LogP contribution in [0.2, 0.25) is 5.02 Å². The summed E-state index contributed by atoms with van der Waals surface area (Å²) in [7, 11) is 1.58. The van der Waals surface area contributed by atoms with Crippen LogP contribution in [-0.2, 0) is 10.3 Å². The molecule has 3 nitrogen and oxygen atoms in total. The number of methoxy groups -OCH3 is 1. The van der Waals surface area contributed by atoms with E-state index in [-0.39, 0.29) is 5.54 Å². The van der Waals surface area contributed by atoms with Crippen LogP contribution in [0, 0.1) is 6.92 Å². The highest BCUT2D eigenvalue weighted by molar-refractivity contribution is 6.32. The van der Waals surface area contributed by atoms with Crippen LogP contribution in [0.1, 0.15) is 24.0 Å². The van der Waals surface area contributed by atoms with Crippen LogP contribution in [-0.4, -0.2) is 13.2 Å². The monoisotopic (exact) mass is 237 g/mol. The van der Waals surface area contributed by atoms with Crippen molar-refractivity contribution < 1.29 is 9.53 Å². The van der Waals surface area contributed by atoms with Crippen molar-refractivity contribution in [1.29, 1.82) is 0 Å². The van der Waals surface area contributed by atoms with Gasteiger partial charge >= 0.3 is 0 Å². The van der Waals surface area contributed by atoms with Gasteiger partial charge in [-0.1, -0.05) is 11.6 Å².